The lowest BCUT2D eigenvalue weighted by Gasteiger charge is -2.28. The maximum Gasteiger partial charge on any atom is 0.386 e. The first-order chi connectivity index (χ1) is 6.77. The van der Waals surface area contributed by atoms with E-state index in [2.05, 4.69) is 15.6 Å². The highest BCUT2D eigenvalue weighted by Gasteiger charge is 2.21. The largest absolute Gasteiger partial charge is 0.386 e. The molecule has 0 aliphatic carbocycles. The molecule has 0 aromatic carbocycles. The number of rotatable bonds is 3. The molecule has 0 saturated carbocycles. The molecule has 1 aromatic rings. The summed E-state index contributed by atoms with van der Waals surface area (Å²) in [5.41, 5.74) is 0.490. The summed E-state index contributed by atoms with van der Waals surface area (Å²) in [6.07, 6.45) is 1.42. The van der Waals surface area contributed by atoms with Gasteiger partial charge < -0.3 is 20.7 Å². The highest BCUT2D eigenvalue weighted by Crippen LogP contribution is 2.21. The highest BCUT2D eigenvalue weighted by molar-refractivity contribution is 5.57. The molecular formula is C8H10N4O2. The third-order valence-electron chi connectivity index (χ3n) is 2.10. The highest BCUT2D eigenvalue weighted by atomic mass is 16.6. The molecule has 0 amide bonds. The lowest BCUT2D eigenvalue weighted by Crippen LogP contribution is -2.51. The van der Waals surface area contributed by atoms with Crippen LogP contribution in [0.3, 0.4) is 0 Å². The van der Waals surface area contributed by atoms with Crippen LogP contribution in [0.5, 0.6) is 0 Å². The van der Waals surface area contributed by atoms with E-state index in [1.54, 1.807) is 12.1 Å². The van der Waals surface area contributed by atoms with Gasteiger partial charge in [0.25, 0.3) is 0 Å². The van der Waals surface area contributed by atoms with Crippen LogP contribution in [0, 0.1) is 10.1 Å². The molecule has 6 heteroatoms. The van der Waals surface area contributed by atoms with Crippen LogP contribution in [0.25, 0.3) is 0 Å². The molecule has 1 fully saturated rings. The predicted molar refractivity (Wildman–Crippen MR) is 51.2 cm³/mol. The summed E-state index contributed by atoms with van der Waals surface area (Å²) < 4.78 is 0. The van der Waals surface area contributed by atoms with Gasteiger partial charge in [0, 0.05) is 13.1 Å². The van der Waals surface area contributed by atoms with Gasteiger partial charge in [-0.2, -0.15) is 0 Å². The molecule has 6 nitrogen and oxygen atoms in total. The lowest BCUT2D eigenvalue weighted by molar-refractivity contribution is -0.388. The van der Waals surface area contributed by atoms with Crippen LogP contribution >= 0.6 is 0 Å². The molecule has 2 heterocycles. The van der Waals surface area contributed by atoms with Crippen LogP contribution < -0.4 is 10.6 Å². The third kappa shape index (κ3) is 1.64. The van der Waals surface area contributed by atoms with Crippen LogP contribution in [0.2, 0.25) is 0 Å². The molecule has 0 spiro atoms. The first-order valence-corrected chi connectivity index (χ1v) is 4.34. The number of aromatic nitrogens is 1. The van der Waals surface area contributed by atoms with Gasteiger partial charge in [-0.05, 0) is 22.0 Å². The van der Waals surface area contributed by atoms with Crippen LogP contribution in [-0.2, 0) is 0 Å². The number of nitrogens with one attached hydrogen (secondary N) is 2. The number of hydrogen-bond donors (Lipinski definition) is 2. The van der Waals surface area contributed by atoms with Crippen molar-refractivity contribution in [3.8, 4) is 0 Å². The summed E-state index contributed by atoms with van der Waals surface area (Å²) >= 11 is 0. The monoisotopic (exact) mass is 194 g/mol. The van der Waals surface area contributed by atoms with Crippen molar-refractivity contribution in [3.63, 3.8) is 0 Å². The van der Waals surface area contributed by atoms with Gasteiger partial charge in [0.2, 0.25) is 0 Å². The maximum atomic E-state index is 10.6. The van der Waals surface area contributed by atoms with Crippen LogP contribution in [0.1, 0.15) is 0 Å². The molecule has 1 aromatic heterocycles. The van der Waals surface area contributed by atoms with Gasteiger partial charge in [0.1, 0.15) is 11.9 Å². The first-order valence-electron chi connectivity index (χ1n) is 4.34. The van der Waals surface area contributed by atoms with Crippen molar-refractivity contribution < 1.29 is 4.92 Å². The third-order valence-corrected chi connectivity index (χ3v) is 2.10. The summed E-state index contributed by atoms with van der Waals surface area (Å²) in [4.78, 5) is 13.8. The minimum absolute atomic E-state index is 0.112. The van der Waals surface area contributed by atoms with Gasteiger partial charge in [-0.1, -0.05) is 0 Å². The molecule has 0 bridgehead atoms. The van der Waals surface area contributed by atoms with Crippen molar-refractivity contribution >= 4 is 11.5 Å². The van der Waals surface area contributed by atoms with Gasteiger partial charge in [-0.25, -0.2) is 0 Å². The second-order valence-corrected chi connectivity index (χ2v) is 3.13. The van der Waals surface area contributed by atoms with E-state index in [0.717, 1.165) is 13.1 Å². The predicted octanol–water partition coefficient (Wildman–Crippen LogP) is 0.373. The Bertz CT molecular complexity index is 351. The van der Waals surface area contributed by atoms with E-state index < -0.39 is 4.92 Å². The van der Waals surface area contributed by atoms with Gasteiger partial charge >= 0.3 is 5.82 Å². The van der Waals surface area contributed by atoms with Crippen molar-refractivity contribution in [1.29, 1.82) is 0 Å². The normalized spacial score (nSPS) is 16.0. The molecule has 1 aliphatic rings. The zero-order valence-electron chi connectivity index (χ0n) is 7.43. The van der Waals surface area contributed by atoms with Crippen molar-refractivity contribution in [1.82, 2.24) is 10.3 Å². The van der Waals surface area contributed by atoms with Crippen molar-refractivity contribution in [3.05, 3.63) is 28.4 Å². The summed E-state index contributed by atoms with van der Waals surface area (Å²) in [7, 11) is 0. The fraction of sp³-hybridized carbons (Fsp3) is 0.375. The Hall–Kier alpha value is -1.69. The molecule has 14 heavy (non-hydrogen) atoms. The Kier molecular flexibility index (Phi) is 2.28. The number of anilines is 1. The molecule has 2 rings (SSSR count). The molecule has 1 aliphatic heterocycles. The lowest BCUT2D eigenvalue weighted by atomic mass is 10.2. The maximum absolute atomic E-state index is 10.6. The minimum Gasteiger partial charge on any atom is -0.373 e. The zero-order valence-corrected chi connectivity index (χ0v) is 7.43. The number of nitro groups is 1. The van der Waals surface area contributed by atoms with Gasteiger partial charge in [-0.15, -0.1) is 0 Å². The average molecular weight is 194 g/mol. The molecule has 2 N–H and O–H groups in total. The SMILES string of the molecule is O=[N+]([O-])c1ncccc1NC1CNC1. The van der Waals surface area contributed by atoms with E-state index >= 15 is 0 Å². The second kappa shape index (κ2) is 3.59. The standard InChI is InChI=1S/C8H10N4O2/c13-12(14)8-7(2-1-3-10-8)11-6-4-9-5-6/h1-3,6,9,11H,4-5H2. The molecular weight excluding hydrogens is 184 g/mol. The smallest absolute Gasteiger partial charge is 0.373 e. The average Bonchev–Trinajstić information content (AvgIpc) is 2.12. The topological polar surface area (TPSA) is 80.1 Å². The summed E-state index contributed by atoms with van der Waals surface area (Å²) in [5.74, 6) is -0.112. The summed E-state index contributed by atoms with van der Waals surface area (Å²) in [6, 6.07) is 3.63. The number of nitrogens with zero attached hydrogens (tertiary/aromatic N) is 2. The quantitative estimate of drug-likeness (QED) is 0.537. The van der Waals surface area contributed by atoms with Gasteiger partial charge in [0.05, 0.1) is 6.04 Å². The zero-order chi connectivity index (χ0) is 9.97. The number of pyridine rings is 1. The van der Waals surface area contributed by atoms with E-state index in [4.69, 9.17) is 0 Å². The Morgan fingerprint density at radius 1 is 1.64 bits per heavy atom. The summed E-state index contributed by atoms with van der Waals surface area (Å²) in [6.45, 7) is 1.68. The van der Waals surface area contributed by atoms with Gasteiger partial charge in [-0.3, -0.25) is 0 Å². The fourth-order valence-electron chi connectivity index (χ4n) is 1.27. The van der Waals surface area contributed by atoms with E-state index in [1.807, 2.05) is 0 Å². The molecule has 0 unspecified atom stereocenters. The molecule has 0 atom stereocenters. The summed E-state index contributed by atoms with van der Waals surface area (Å²) in [5, 5.41) is 16.7. The van der Waals surface area contributed by atoms with E-state index in [0.29, 0.717) is 5.69 Å². The Labute approximate surface area is 80.5 Å². The molecule has 74 valence electrons. The number of hydrogen-bond acceptors (Lipinski definition) is 5. The Balaban J connectivity index is 2.17. The van der Waals surface area contributed by atoms with Crippen LogP contribution in [0.4, 0.5) is 11.5 Å². The van der Waals surface area contributed by atoms with Crippen LogP contribution in [0.15, 0.2) is 18.3 Å². The Morgan fingerprint density at radius 2 is 2.43 bits per heavy atom. The van der Waals surface area contributed by atoms with E-state index in [1.165, 1.54) is 6.20 Å². The van der Waals surface area contributed by atoms with E-state index in [-0.39, 0.29) is 11.9 Å². The van der Waals surface area contributed by atoms with Crippen molar-refractivity contribution in [2.45, 2.75) is 6.04 Å². The molecule has 1 saturated heterocycles. The Morgan fingerprint density at radius 3 is 3.00 bits per heavy atom. The molecule has 0 radical (unpaired) electrons. The van der Waals surface area contributed by atoms with Crippen molar-refractivity contribution in [2.24, 2.45) is 0 Å². The second-order valence-electron chi connectivity index (χ2n) is 3.13. The first kappa shape index (κ1) is 8.89. The van der Waals surface area contributed by atoms with E-state index in [9.17, 15) is 10.1 Å². The van der Waals surface area contributed by atoms with Crippen LogP contribution in [-0.4, -0.2) is 29.0 Å². The van der Waals surface area contributed by atoms with Gasteiger partial charge in [0.15, 0.2) is 0 Å². The van der Waals surface area contributed by atoms with Crippen molar-refractivity contribution in [2.75, 3.05) is 18.4 Å². The fourth-order valence-corrected chi connectivity index (χ4v) is 1.27. The minimum atomic E-state index is -0.478.